The van der Waals surface area contributed by atoms with Gasteiger partial charge in [0.25, 0.3) is 0 Å². The van der Waals surface area contributed by atoms with E-state index in [1.807, 2.05) is 26.1 Å². The van der Waals surface area contributed by atoms with E-state index >= 15 is 0 Å². The van der Waals surface area contributed by atoms with Crippen molar-refractivity contribution in [2.75, 3.05) is 0 Å². The number of H-pyrrole nitrogens is 1. The molecule has 0 unspecified atom stereocenters. The van der Waals surface area contributed by atoms with E-state index in [1.165, 1.54) is 12.3 Å². The summed E-state index contributed by atoms with van der Waals surface area (Å²) in [4.78, 5) is 14.2. The lowest BCUT2D eigenvalue weighted by Crippen LogP contribution is -2.29. The fraction of sp³-hybridized carbons (Fsp3) is 0.357. The molecule has 0 aliphatic rings. The third-order valence-corrected chi connectivity index (χ3v) is 2.67. The molecule has 1 aromatic carbocycles. The lowest BCUT2D eigenvalue weighted by molar-refractivity contribution is -0.153. The van der Waals surface area contributed by atoms with Crippen LogP contribution < -0.4 is 0 Å². The quantitative estimate of drug-likeness (QED) is 0.825. The van der Waals surface area contributed by atoms with Gasteiger partial charge < -0.3 is 9.72 Å². The first-order valence-corrected chi connectivity index (χ1v) is 5.72. The Morgan fingerprint density at radius 2 is 2.12 bits per heavy atom. The molecule has 17 heavy (non-hydrogen) atoms. The van der Waals surface area contributed by atoms with Crippen LogP contribution in [0.15, 0.2) is 30.5 Å². The van der Waals surface area contributed by atoms with Crippen molar-refractivity contribution in [2.24, 2.45) is 0 Å². The number of hydrogen-bond acceptors (Lipinski definition) is 2. The minimum Gasteiger partial charge on any atom is -0.460 e. The Kier molecular flexibility index (Phi) is 2.92. The molecule has 3 heteroatoms. The summed E-state index contributed by atoms with van der Waals surface area (Å²) in [5.74, 6) is -0.240. The Hall–Kier alpha value is -1.77. The molecule has 1 heterocycles. The highest BCUT2D eigenvalue weighted by Gasteiger charge is 2.21. The molecule has 2 aromatic rings. The summed E-state index contributed by atoms with van der Waals surface area (Å²) in [7, 11) is 0. The van der Waals surface area contributed by atoms with Gasteiger partial charge in [-0.25, -0.2) is 0 Å². The Balaban J connectivity index is 2.19. The fourth-order valence-corrected chi connectivity index (χ4v) is 2.12. The fourth-order valence-electron chi connectivity index (χ4n) is 2.12. The van der Waals surface area contributed by atoms with Gasteiger partial charge in [0.2, 0.25) is 0 Å². The van der Waals surface area contributed by atoms with Gasteiger partial charge in [-0.1, -0.05) is 12.1 Å². The van der Waals surface area contributed by atoms with Crippen molar-refractivity contribution in [3.05, 3.63) is 36.0 Å². The number of aromatic amines is 1. The zero-order chi connectivity index (χ0) is 12.5. The average molecular weight is 231 g/mol. The molecule has 1 aromatic heterocycles. The number of esters is 1. The molecule has 90 valence electrons. The van der Waals surface area contributed by atoms with Crippen molar-refractivity contribution in [3.63, 3.8) is 0 Å². The van der Waals surface area contributed by atoms with Crippen LogP contribution in [0.4, 0.5) is 0 Å². The van der Waals surface area contributed by atoms with Crippen LogP contribution in [0, 0.1) is 0 Å². The zero-order valence-electron chi connectivity index (χ0n) is 10.4. The molecular formula is C14H17NO2. The van der Waals surface area contributed by atoms with Gasteiger partial charge in [-0.15, -0.1) is 0 Å². The highest BCUT2D eigenvalue weighted by molar-refractivity contribution is 5.79. The highest BCUT2D eigenvalue weighted by Crippen LogP contribution is 2.20. The molecule has 2 rings (SSSR count). The van der Waals surface area contributed by atoms with Crippen molar-refractivity contribution in [1.82, 2.24) is 4.98 Å². The normalized spacial score (nSPS) is 11.7. The summed E-state index contributed by atoms with van der Waals surface area (Å²) in [5, 5.41) is 1.19. The number of aromatic nitrogens is 1. The summed E-state index contributed by atoms with van der Waals surface area (Å²) in [6, 6.07) is 8.28. The number of carbonyl (C=O) groups is 1. The summed E-state index contributed by atoms with van der Waals surface area (Å²) in [5.41, 5.74) is 1.80. The standard InChI is InChI=1S/C14H17NO2/c1-10(16)17-14(2,3)9-11-4-5-12-6-7-15-13(12)8-11/h4-8,15H,9H2,1-3H3. The third-order valence-electron chi connectivity index (χ3n) is 2.67. The van der Waals surface area contributed by atoms with Gasteiger partial charge in [0.05, 0.1) is 0 Å². The second-order valence-corrected chi connectivity index (χ2v) is 4.93. The van der Waals surface area contributed by atoms with Crippen molar-refractivity contribution >= 4 is 16.9 Å². The van der Waals surface area contributed by atoms with Crippen LogP contribution in [0.5, 0.6) is 0 Å². The Labute approximate surface area is 101 Å². The number of fused-ring (bicyclic) bond motifs is 1. The number of nitrogens with one attached hydrogen (secondary N) is 1. The Bertz CT molecular complexity index is 540. The molecule has 0 saturated heterocycles. The SMILES string of the molecule is CC(=O)OC(C)(C)Cc1ccc2cc[nH]c2c1. The van der Waals surface area contributed by atoms with Gasteiger partial charge in [-0.3, -0.25) is 4.79 Å². The van der Waals surface area contributed by atoms with Gasteiger partial charge in [0, 0.05) is 25.1 Å². The van der Waals surface area contributed by atoms with Gasteiger partial charge in [0.1, 0.15) is 5.60 Å². The van der Waals surface area contributed by atoms with Crippen molar-refractivity contribution in [2.45, 2.75) is 32.8 Å². The maximum Gasteiger partial charge on any atom is 0.303 e. The van der Waals surface area contributed by atoms with E-state index in [0.717, 1.165) is 11.1 Å². The van der Waals surface area contributed by atoms with Gasteiger partial charge >= 0.3 is 5.97 Å². The summed E-state index contributed by atoms with van der Waals surface area (Å²) >= 11 is 0. The van der Waals surface area contributed by atoms with E-state index in [9.17, 15) is 4.79 Å². The lowest BCUT2D eigenvalue weighted by Gasteiger charge is -2.24. The number of carbonyl (C=O) groups excluding carboxylic acids is 1. The Morgan fingerprint density at radius 3 is 2.82 bits per heavy atom. The van der Waals surface area contributed by atoms with Crippen LogP contribution in [0.3, 0.4) is 0 Å². The lowest BCUT2D eigenvalue weighted by atomic mass is 9.97. The molecule has 3 nitrogen and oxygen atoms in total. The number of rotatable bonds is 3. The maximum atomic E-state index is 11.0. The number of benzene rings is 1. The molecule has 1 N–H and O–H groups in total. The monoisotopic (exact) mass is 231 g/mol. The molecule has 0 radical (unpaired) electrons. The molecule has 0 saturated carbocycles. The van der Waals surface area contributed by atoms with Gasteiger partial charge in [-0.2, -0.15) is 0 Å². The summed E-state index contributed by atoms with van der Waals surface area (Å²) in [6.07, 6.45) is 2.63. The van der Waals surface area contributed by atoms with Gasteiger partial charge in [0.15, 0.2) is 0 Å². The molecule has 0 spiro atoms. The van der Waals surface area contributed by atoms with Crippen LogP contribution in [-0.4, -0.2) is 16.6 Å². The zero-order valence-corrected chi connectivity index (χ0v) is 10.4. The molecule has 0 fully saturated rings. The van der Waals surface area contributed by atoms with Crippen molar-refractivity contribution in [3.8, 4) is 0 Å². The van der Waals surface area contributed by atoms with Crippen molar-refractivity contribution < 1.29 is 9.53 Å². The highest BCUT2D eigenvalue weighted by atomic mass is 16.6. The molecule has 0 aliphatic carbocycles. The number of ether oxygens (including phenoxy) is 1. The van der Waals surface area contributed by atoms with Crippen LogP contribution >= 0.6 is 0 Å². The maximum absolute atomic E-state index is 11.0. The summed E-state index contributed by atoms with van der Waals surface area (Å²) in [6.45, 7) is 5.29. The van der Waals surface area contributed by atoms with E-state index in [4.69, 9.17) is 4.74 Å². The van der Waals surface area contributed by atoms with Crippen LogP contribution in [0.2, 0.25) is 0 Å². The Morgan fingerprint density at radius 1 is 1.35 bits per heavy atom. The molecule has 0 aliphatic heterocycles. The average Bonchev–Trinajstić information content (AvgIpc) is 2.61. The second-order valence-electron chi connectivity index (χ2n) is 4.93. The van der Waals surface area contributed by atoms with Crippen LogP contribution in [-0.2, 0) is 16.0 Å². The first kappa shape index (κ1) is 11.7. The van der Waals surface area contributed by atoms with E-state index in [1.54, 1.807) is 0 Å². The summed E-state index contributed by atoms with van der Waals surface area (Å²) < 4.78 is 5.29. The molecule has 0 bridgehead atoms. The van der Waals surface area contributed by atoms with Gasteiger partial charge in [-0.05, 0) is 36.9 Å². The molecular weight excluding hydrogens is 214 g/mol. The minimum absolute atomic E-state index is 0.240. The predicted molar refractivity (Wildman–Crippen MR) is 67.8 cm³/mol. The van der Waals surface area contributed by atoms with E-state index in [2.05, 4.69) is 23.2 Å². The first-order valence-electron chi connectivity index (χ1n) is 5.72. The largest absolute Gasteiger partial charge is 0.460 e. The third kappa shape index (κ3) is 2.87. The topological polar surface area (TPSA) is 42.1 Å². The van der Waals surface area contributed by atoms with E-state index in [0.29, 0.717) is 6.42 Å². The second kappa shape index (κ2) is 4.24. The minimum atomic E-state index is -0.466. The van der Waals surface area contributed by atoms with Crippen molar-refractivity contribution in [1.29, 1.82) is 0 Å². The van der Waals surface area contributed by atoms with E-state index < -0.39 is 5.60 Å². The predicted octanol–water partition coefficient (Wildman–Crippen LogP) is 3.05. The first-order chi connectivity index (χ1) is 7.96. The number of hydrogen-bond donors (Lipinski definition) is 1. The molecule has 0 atom stereocenters. The van der Waals surface area contributed by atoms with Crippen LogP contribution in [0.1, 0.15) is 26.3 Å². The molecule has 0 amide bonds. The van der Waals surface area contributed by atoms with Crippen LogP contribution in [0.25, 0.3) is 10.9 Å². The van der Waals surface area contributed by atoms with E-state index in [-0.39, 0.29) is 5.97 Å². The smallest absolute Gasteiger partial charge is 0.303 e.